The summed E-state index contributed by atoms with van der Waals surface area (Å²) < 4.78 is 5.54. The lowest BCUT2D eigenvalue weighted by Crippen LogP contribution is -1.85. The van der Waals surface area contributed by atoms with Gasteiger partial charge in [0, 0.05) is 19.1 Å². The molecule has 0 saturated heterocycles. The van der Waals surface area contributed by atoms with E-state index in [4.69, 9.17) is 9.52 Å². The Morgan fingerprint density at radius 2 is 1.87 bits per heavy atom. The topological polar surface area (TPSA) is 63.3 Å². The number of aliphatic hydroxyl groups is 1. The average molecular weight is 315 g/mol. The molecule has 4 heteroatoms. The minimum Gasteiger partial charge on any atom is -0.437 e. The SMILES string of the molecule is C/C=C/c1cnc(-c2ccc(CC=O)cc2)o1.C=CCC.CO. The smallest absolute Gasteiger partial charge is 0.226 e. The molecule has 124 valence electrons. The fourth-order valence-electron chi connectivity index (χ4n) is 1.54. The zero-order valence-electron chi connectivity index (χ0n) is 14.0. The van der Waals surface area contributed by atoms with Crippen LogP contribution in [0.15, 0.2) is 53.6 Å². The van der Waals surface area contributed by atoms with Gasteiger partial charge in [0.25, 0.3) is 0 Å². The Morgan fingerprint density at radius 3 is 2.35 bits per heavy atom. The maximum atomic E-state index is 10.4. The molecule has 1 aromatic carbocycles. The number of allylic oxidation sites excluding steroid dienone is 2. The van der Waals surface area contributed by atoms with Crippen LogP contribution in [-0.4, -0.2) is 23.5 Å². The number of aliphatic hydroxyl groups excluding tert-OH is 1. The van der Waals surface area contributed by atoms with Crippen molar-refractivity contribution in [3.8, 4) is 11.5 Å². The third-order valence-corrected chi connectivity index (χ3v) is 2.66. The van der Waals surface area contributed by atoms with E-state index in [1.54, 1.807) is 6.20 Å². The van der Waals surface area contributed by atoms with E-state index in [0.717, 1.165) is 36.7 Å². The lowest BCUT2D eigenvalue weighted by molar-refractivity contribution is -0.107. The molecular formula is C19H25NO3. The molecule has 0 atom stereocenters. The predicted octanol–water partition coefficient (Wildman–Crippen LogP) is 4.31. The van der Waals surface area contributed by atoms with Crippen molar-refractivity contribution in [1.82, 2.24) is 4.98 Å². The zero-order chi connectivity index (χ0) is 17.5. The van der Waals surface area contributed by atoms with Gasteiger partial charge in [-0.15, -0.1) is 6.58 Å². The van der Waals surface area contributed by atoms with Gasteiger partial charge in [-0.05, 0) is 37.1 Å². The summed E-state index contributed by atoms with van der Waals surface area (Å²) in [5.41, 5.74) is 1.90. The maximum Gasteiger partial charge on any atom is 0.226 e. The number of rotatable bonds is 5. The number of aldehydes is 1. The van der Waals surface area contributed by atoms with Gasteiger partial charge in [-0.1, -0.05) is 31.2 Å². The van der Waals surface area contributed by atoms with Crippen LogP contribution in [0, 0.1) is 0 Å². The maximum absolute atomic E-state index is 10.4. The van der Waals surface area contributed by atoms with Gasteiger partial charge >= 0.3 is 0 Å². The Hall–Kier alpha value is -2.46. The zero-order valence-corrected chi connectivity index (χ0v) is 14.0. The number of carbonyl (C=O) groups excluding carboxylic acids is 1. The number of carbonyl (C=O) groups is 1. The molecule has 0 spiro atoms. The van der Waals surface area contributed by atoms with Crippen LogP contribution in [0.4, 0.5) is 0 Å². The van der Waals surface area contributed by atoms with Gasteiger partial charge in [0.15, 0.2) is 0 Å². The molecular weight excluding hydrogens is 290 g/mol. The molecule has 1 heterocycles. The fraction of sp³-hybridized carbons (Fsp3) is 0.263. The summed E-state index contributed by atoms with van der Waals surface area (Å²) in [4.78, 5) is 14.6. The van der Waals surface area contributed by atoms with E-state index in [0.29, 0.717) is 12.3 Å². The normalized spacial score (nSPS) is 9.39. The Morgan fingerprint density at radius 1 is 1.26 bits per heavy atom. The number of aromatic nitrogens is 1. The van der Waals surface area contributed by atoms with Crippen molar-refractivity contribution in [2.24, 2.45) is 0 Å². The quantitative estimate of drug-likeness (QED) is 0.660. The number of benzene rings is 1. The van der Waals surface area contributed by atoms with Gasteiger partial charge < -0.3 is 14.3 Å². The van der Waals surface area contributed by atoms with Crippen LogP contribution in [0.3, 0.4) is 0 Å². The highest BCUT2D eigenvalue weighted by molar-refractivity contribution is 5.59. The molecule has 0 aliphatic rings. The van der Waals surface area contributed by atoms with Crippen LogP contribution in [0.1, 0.15) is 31.6 Å². The lowest BCUT2D eigenvalue weighted by Gasteiger charge is -1.97. The summed E-state index contributed by atoms with van der Waals surface area (Å²) in [6, 6.07) is 7.63. The Balaban J connectivity index is 0.000000705. The minimum atomic E-state index is 0.440. The third-order valence-electron chi connectivity index (χ3n) is 2.66. The first kappa shape index (κ1) is 20.5. The third kappa shape index (κ3) is 7.93. The van der Waals surface area contributed by atoms with E-state index in [-0.39, 0.29) is 0 Å². The van der Waals surface area contributed by atoms with Crippen molar-refractivity contribution in [1.29, 1.82) is 0 Å². The van der Waals surface area contributed by atoms with E-state index >= 15 is 0 Å². The average Bonchev–Trinajstić information content (AvgIpc) is 3.07. The van der Waals surface area contributed by atoms with Gasteiger partial charge in [-0.3, -0.25) is 0 Å². The summed E-state index contributed by atoms with van der Waals surface area (Å²) in [5, 5.41) is 7.00. The van der Waals surface area contributed by atoms with Crippen molar-refractivity contribution in [3.05, 3.63) is 60.5 Å². The Kier molecular flexibility index (Phi) is 11.8. The molecule has 0 bridgehead atoms. The first-order valence-corrected chi connectivity index (χ1v) is 7.42. The monoisotopic (exact) mass is 315 g/mol. The van der Waals surface area contributed by atoms with Crippen molar-refractivity contribution in [3.63, 3.8) is 0 Å². The van der Waals surface area contributed by atoms with Crippen LogP contribution in [0.2, 0.25) is 0 Å². The Bertz CT molecular complexity index is 583. The van der Waals surface area contributed by atoms with Gasteiger partial charge in [-0.2, -0.15) is 0 Å². The standard InChI is InChI=1S/C14H13NO2.C4H8.CH4O/c1-2-3-13-10-15-14(17-13)12-6-4-11(5-7-12)8-9-16;1-3-4-2;1-2/h2-7,9-10H,8H2,1H3;3H,1,4H2,2H3;2H,1H3/b3-2+;;. The minimum absolute atomic E-state index is 0.440. The van der Waals surface area contributed by atoms with E-state index in [1.807, 2.05) is 49.4 Å². The van der Waals surface area contributed by atoms with Gasteiger partial charge in [0.1, 0.15) is 12.0 Å². The van der Waals surface area contributed by atoms with E-state index < -0.39 is 0 Å². The first-order chi connectivity index (χ1) is 11.2. The van der Waals surface area contributed by atoms with Gasteiger partial charge in [0.05, 0.1) is 6.20 Å². The van der Waals surface area contributed by atoms with Crippen LogP contribution in [-0.2, 0) is 11.2 Å². The first-order valence-electron chi connectivity index (χ1n) is 7.42. The van der Waals surface area contributed by atoms with Crippen LogP contribution < -0.4 is 0 Å². The summed E-state index contributed by atoms with van der Waals surface area (Å²) in [7, 11) is 1.00. The second-order valence-corrected chi connectivity index (χ2v) is 4.33. The number of nitrogens with zero attached hydrogens (tertiary/aromatic N) is 1. The van der Waals surface area contributed by atoms with E-state index in [1.165, 1.54) is 0 Å². The lowest BCUT2D eigenvalue weighted by atomic mass is 10.1. The summed E-state index contributed by atoms with van der Waals surface area (Å²) >= 11 is 0. The number of hydrogen-bond acceptors (Lipinski definition) is 4. The molecule has 0 fully saturated rings. The largest absolute Gasteiger partial charge is 0.437 e. The highest BCUT2D eigenvalue weighted by atomic mass is 16.4. The molecule has 0 aliphatic carbocycles. The number of hydrogen-bond donors (Lipinski definition) is 1. The molecule has 1 N–H and O–H groups in total. The summed E-state index contributed by atoms with van der Waals surface area (Å²) in [6.07, 6.45) is 9.74. The van der Waals surface area contributed by atoms with Crippen LogP contribution in [0.25, 0.3) is 17.5 Å². The highest BCUT2D eigenvalue weighted by Crippen LogP contribution is 2.20. The molecule has 23 heavy (non-hydrogen) atoms. The predicted molar refractivity (Wildman–Crippen MR) is 95.0 cm³/mol. The second kappa shape index (κ2) is 13.2. The van der Waals surface area contributed by atoms with Crippen molar-refractivity contribution < 1.29 is 14.3 Å². The number of oxazole rings is 1. The molecule has 1 aromatic heterocycles. The summed E-state index contributed by atoms with van der Waals surface area (Å²) in [5.74, 6) is 1.33. The highest BCUT2D eigenvalue weighted by Gasteiger charge is 2.04. The molecule has 2 rings (SSSR count). The molecule has 0 radical (unpaired) electrons. The van der Waals surface area contributed by atoms with E-state index in [2.05, 4.69) is 18.5 Å². The molecule has 0 amide bonds. The van der Waals surface area contributed by atoms with Gasteiger partial charge in [0.2, 0.25) is 5.89 Å². The summed E-state index contributed by atoms with van der Waals surface area (Å²) in [6.45, 7) is 7.47. The van der Waals surface area contributed by atoms with Crippen LogP contribution >= 0.6 is 0 Å². The molecule has 0 unspecified atom stereocenters. The molecule has 2 aromatic rings. The van der Waals surface area contributed by atoms with E-state index in [9.17, 15) is 4.79 Å². The van der Waals surface area contributed by atoms with Crippen molar-refractivity contribution in [2.45, 2.75) is 26.7 Å². The molecule has 0 saturated carbocycles. The second-order valence-electron chi connectivity index (χ2n) is 4.33. The van der Waals surface area contributed by atoms with Crippen molar-refractivity contribution in [2.75, 3.05) is 7.11 Å². The molecule has 0 aliphatic heterocycles. The fourth-order valence-corrected chi connectivity index (χ4v) is 1.54. The van der Waals surface area contributed by atoms with Crippen LogP contribution in [0.5, 0.6) is 0 Å². The van der Waals surface area contributed by atoms with Gasteiger partial charge in [-0.25, -0.2) is 4.98 Å². The Labute approximate surface area is 138 Å². The molecule has 4 nitrogen and oxygen atoms in total. The van der Waals surface area contributed by atoms with Crippen molar-refractivity contribution >= 4 is 12.4 Å².